The molecule has 1 aromatic carbocycles. The minimum absolute atomic E-state index is 0.0173. The molecule has 2 rings (SSSR count). The third-order valence-electron chi connectivity index (χ3n) is 3.84. The molecule has 0 saturated heterocycles. The Labute approximate surface area is 138 Å². The van der Waals surface area contributed by atoms with Crippen LogP contribution in [0.1, 0.15) is 54.8 Å². The molecule has 0 aliphatic carbocycles. The SMILES string of the molecule is Cc1nnc(CS(=O)(=O)Cc2c(C)cc(C(C)(C)C)cc2C)o1. The van der Waals surface area contributed by atoms with Gasteiger partial charge in [0, 0.05) is 6.92 Å². The zero-order valence-corrected chi connectivity index (χ0v) is 15.4. The van der Waals surface area contributed by atoms with Crippen LogP contribution in [0, 0.1) is 20.8 Å². The molecule has 0 aliphatic rings. The van der Waals surface area contributed by atoms with Crippen molar-refractivity contribution in [3.63, 3.8) is 0 Å². The molecule has 6 heteroatoms. The molecule has 2 aromatic rings. The maximum atomic E-state index is 12.4. The van der Waals surface area contributed by atoms with Crippen molar-refractivity contribution in [3.05, 3.63) is 46.2 Å². The standard InChI is InChI=1S/C17H24N2O3S/c1-11-7-14(17(4,5)6)8-12(2)15(11)9-23(20,21)10-16-19-18-13(3)22-16/h7-8H,9-10H2,1-6H3. The van der Waals surface area contributed by atoms with Crippen LogP contribution < -0.4 is 0 Å². The van der Waals surface area contributed by atoms with E-state index in [4.69, 9.17) is 4.42 Å². The number of aromatic nitrogens is 2. The Bertz CT molecular complexity index is 792. The summed E-state index contributed by atoms with van der Waals surface area (Å²) in [4.78, 5) is 0. The van der Waals surface area contributed by atoms with Crippen molar-refractivity contribution < 1.29 is 12.8 Å². The van der Waals surface area contributed by atoms with Gasteiger partial charge in [-0.05, 0) is 41.5 Å². The van der Waals surface area contributed by atoms with Crippen LogP contribution in [0.4, 0.5) is 0 Å². The highest BCUT2D eigenvalue weighted by atomic mass is 32.2. The lowest BCUT2D eigenvalue weighted by Gasteiger charge is -2.22. The third-order valence-corrected chi connectivity index (χ3v) is 5.25. The number of hydrogen-bond acceptors (Lipinski definition) is 5. The van der Waals surface area contributed by atoms with Gasteiger partial charge >= 0.3 is 0 Å². The predicted octanol–water partition coefficient (Wildman–Crippen LogP) is 3.41. The molecule has 0 fully saturated rings. The van der Waals surface area contributed by atoms with E-state index in [1.807, 2.05) is 13.8 Å². The summed E-state index contributed by atoms with van der Waals surface area (Å²) in [7, 11) is -3.36. The van der Waals surface area contributed by atoms with Crippen molar-refractivity contribution in [1.82, 2.24) is 10.2 Å². The molecule has 23 heavy (non-hydrogen) atoms. The van der Waals surface area contributed by atoms with Gasteiger partial charge in [-0.2, -0.15) is 0 Å². The monoisotopic (exact) mass is 336 g/mol. The largest absolute Gasteiger partial charge is 0.424 e. The second-order valence-electron chi connectivity index (χ2n) is 7.09. The smallest absolute Gasteiger partial charge is 0.231 e. The fraction of sp³-hybridized carbons (Fsp3) is 0.529. The van der Waals surface area contributed by atoms with Gasteiger partial charge in [0.1, 0.15) is 5.75 Å². The van der Waals surface area contributed by atoms with Gasteiger partial charge in [0.2, 0.25) is 11.8 Å². The van der Waals surface area contributed by atoms with Gasteiger partial charge in [0.05, 0.1) is 5.75 Å². The Morgan fingerprint density at radius 1 is 1.00 bits per heavy atom. The molecule has 0 spiro atoms. The number of hydrogen-bond donors (Lipinski definition) is 0. The van der Waals surface area contributed by atoms with Crippen LogP contribution >= 0.6 is 0 Å². The maximum absolute atomic E-state index is 12.4. The number of sulfone groups is 1. The molecule has 0 amide bonds. The minimum Gasteiger partial charge on any atom is -0.424 e. The van der Waals surface area contributed by atoms with E-state index in [1.165, 1.54) is 5.56 Å². The van der Waals surface area contributed by atoms with Crippen LogP contribution in [-0.2, 0) is 26.8 Å². The lowest BCUT2D eigenvalue weighted by Crippen LogP contribution is -2.14. The summed E-state index contributed by atoms with van der Waals surface area (Å²) in [6.07, 6.45) is 0. The van der Waals surface area contributed by atoms with Crippen LogP contribution in [0.25, 0.3) is 0 Å². The van der Waals surface area contributed by atoms with Crippen molar-refractivity contribution in [2.24, 2.45) is 0 Å². The Morgan fingerprint density at radius 2 is 1.57 bits per heavy atom. The van der Waals surface area contributed by atoms with Crippen molar-refractivity contribution in [1.29, 1.82) is 0 Å². The molecule has 0 atom stereocenters. The third kappa shape index (κ3) is 4.41. The first kappa shape index (κ1) is 17.7. The average Bonchev–Trinajstić information content (AvgIpc) is 2.77. The average molecular weight is 336 g/mol. The first-order valence-electron chi connectivity index (χ1n) is 7.58. The van der Waals surface area contributed by atoms with E-state index in [0.717, 1.165) is 16.7 Å². The van der Waals surface area contributed by atoms with Gasteiger partial charge < -0.3 is 4.42 Å². The number of benzene rings is 1. The summed E-state index contributed by atoms with van der Waals surface area (Å²) in [5.74, 6) is 0.269. The first-order valence-corrected chi connectivity index (χ1v) is 9.40. The Morgan fingerprint density at radius 3 is 2.00 bits per heavy atom. The Hall–Kier alpha value is -1.69. The second-order valence-corrected chi connectivity index (χ2v) is 9.15. The summed E-state index contributed by atoms with van der Waals surface area (Å²) in [5, 5.41) is 7.44. The molecule has 126 valence electrons. The summed E-state index contributed by atoms with van der Waals surface area (Å²) < 4.78 is 30.1. The fourth-order valence-corrected chi connectivity index (χ4v) is 4.00. The highest BCUT2D eigenvalue weighted by molar-refractivity contribution is 7.89. The predicted molar refractivity (Wildman–Crippen MR) is 90.0 cm³/mol. The molecule has 0 bridgehead atoms. The van der Waals surface area contributed by atoms with Crippen molar-refractivity contribution in [2.45, 2.75) is 58.5 Å². The fourth-order valence-electron chi connectivity index (χ4n) is 2.51. The van der Waals surface area contributed by atoms with E-state index in [9.17, 15) is 8.42 Å². The normalized spacial score (nSPS) is 12.6. The molecule has 0 unspecified atom stereocenters. The maximum Gasteiger partial charge on any atom is 0.231 e. The van der Waals surface area contributed by atoms with E-state index >= 15 is 0 Å². The van der Waals surface area contributed by atoms with Crippen LogP contribution in [0.3, 0.4) is 0 Å². The molecule has 0 radical (unpaired) electrons. The number of nitrogens with zero attached hydrogens (tertiary/aromatic N) is 2. The highest BCUT2D eigenvalue weighted by Gasteiger charge is 2.21. The highest BCUT2D eigenvalue weighted by Crippen LogP contribution is 2.28. The van der Waals surface area contributed by atoms with Crippen LogP contribution in [-0.4, -0.2) is 18.6 Å². The zero-order valence-electron chi connectivity index (χ0n) is 14.6. The Kier molecular flexibility index (Phi) is 4.66. The lowest BCUT2D eigenvalue weighted by molar-refractivity contribution is 0.480. The van der Waals surface area contributed by atoms with Crippen LogP contribution in [0.15, 0.2) is 16.5 Å². The molecule has 1 heterocycles. The first-order chi connectivity index (χ1) is 10.5. The van der Waals surface area contributed by atoms with Gasteiger partial charge in [-0.25, -0.2) is 8.42 Å². The minimum atomic E-state index is -3.36. The topological polar surface area (TPSA) is 73.1 Å². The molecular weight excluding hydrogens is 312 g/mol. The molecule has 0 saturated carbocycles. The summed E-state index contributed by atoms with van der Waals surface area (Å²) in [5.41, 5.74) is 4.10. The van der Waals surface area contributed by atoms with Crippen LogP contribution in [0.2, 0.25) is 0 Å². The van der Waals surface area contributed by atoms with E-state index in [2.05, 4.69) is 43.1 Å². The lowest BCUT2D eigenvalue weighted by atomic mass is 9.84. The molecule has 1 aromatic heterocycles. The van der Waals surface area contributed by atoms with E-state index in [-0.39, 0.29) is 22.8 Å². The summed E-state index contributed by atoms with van der Waals surface area (Å²) in [6.45, 7) is 12.0. The molecule has 0 aliphatic heterocycles. The summed E-state index contributed by atoms with van der Waals surface area (Å²) >= 11 is 0. The van der Waals surface area contributed by atoms with Gasteiger partial charge in [-0.3, -0.25) is 0 Å². The van der Waals surface area contributed by atoms with E-state index in [0.29, 0.717) is 5.89 Å². The van der Waals surface area contributed by atoms with Crippen molar-refractivity contribution in [2.75, 3.05) is 0 Å². The van der Waals surface area contributed by atoms with Gasteiger partial charge in [-0.15, -0.1) is 10.2 Å². The summed E-state index contributed by atoms with van der Waals surface area (Å²) in [6, 6.07) is 4.16. The van der Waals surface area contributed by atoms with Crippen molar-refractivity contribution >= 4 is 9.84 Å². The van der Waals surface area contributed by atoms with E-state index in [1.54, 1.807) is 6.92 Å². The van der Waals surface area contributed by atoms with Gasteiger partial charge in [-0.1, -0.05) is 32.9 Å². The zero-order chi connectivity index (χ0) is 17.4. The molecular formula is C17H24N2O3S. The van der Waals surface area contributed by atoms with Crippen molar-refractivity contribution in [3.8, 4) is 0 Å². The van der Waals surface area contributed by atoms with E-state index < -0.39 is 9.84 Å². The quantitative estimate of drug-likeness (QED) is 0.855. The second kappa shape index (κ2) is 6.07. The number of aryl methyl sites for hydroxylation is 3. The number of rotatable bonds is 4. The van der Waals surface area contributed by atoms with Crippen LogP contribution in [0.5, 0.6) is 0 Å². The molecule has 5 nitrogen and oxygen atoms in total. The van der Waals surface area contributed by atoms with Gasteiger partial charge in [0.15, 0.2) is 9.84 Å². The van der Waals surface area contributed by atoms with Gasteiger partial charge in [0.25, 0.3) is 0 Å². The molecule has 0 N–H and O–H groups in total. The Balaban J connectivity index is 2.29.